The van der Waals surface area contributed by atoms with Crippen molar-refractivity contribution in [3.63, 3.8) is 0 Å². The number of hydrogen-bond acceptors (Lipinski definition) is 2. The van der Waals surface area contributed by atoms with Gasteiger partial charge in [-0.1, -0.05) is 17.7 Å². The number of hydrogen-bond donors (Lipinski definition) is 0. The fourth-order valence-electron chi connectivity index (χ4n) is 1.19. The zero-order valence-electron chi connectivity index (χ0n) is 7.80. The van der Waals surface area contributed by atoms with E-state index in [-0.39, 0.29) is 0 Å². The van der Waals surface area contributed by atoms with Crippen LogP contribution in [0.3, 0.4) is 0 Å². The molecule has 0 bridgehead atoms. The standard InChI is InChI=1S/C8H4Cl2F4O2S/c9-5-2-1-4(3-6(5)11)7(8(12,13)14)17(10,15)16/h1-3,7H. The van der Waals surface area contributed by atoms with E-state index in [2.05, 4.69) is 0 Å². The van der Waals surface area contributed by atoms with Crippen molar-refractivity contribution in [2.75, 3.05) is 0 Å². The van der Waals surface area contributed by atoms with E-state index in [1.807, 2.05) is 0 Å². The molecule has 0 fully saturated rings. The van der Waals surface area contributed by atoms with E-state index < -0.39 is 36.9 Å². The summed E-state index contributed by atoms with van der Waals surface area (Å²) >= 11 is 5.28. The highest BCUT2D eigenvalue weighted by atomic mass is 35.7. The lowest BCUT2D eigenvalue weighted by Gasteiger charge is -2.17. The molecule has 0 aromatic heterocycles. The third kappa shape index (κ3) is 3.46. The number of benzene rings is 1. The van der Waals surface area contributed by atoms with Gasteiger partial charge in [-0.2, -0.15) is 13.2 Å². The van der Waals surface area contributed by atoms with Crippen LogP contribution >= 0.6 is 22.3 Å². The van der Waals surface area contributed by atoms with Crippen LogP contribution in [-0.2, 0) is 9.05 Å². The lowest BCUT2D eigenvalue weighted by molar-refractivity contribution is -0.131. The Morgan fingerprint density at radius 1 is 1.24 bits per heavy atom. The predicted octanol–water partition coefficient (Wildman–Crippen LogP) is 3.65. The highest BCUT2D eigenvalue weighted by Gasteiger charge is 2.49. The van der Waals surface area contributed by atoms with Gasteiger partial charge in [0.15, 0.2) is 5.25 Å². The molecular weight excluding hydrogens is 307 g/mol. The molecule has 0 radical (unpaired) electrons. The van der Waals surface area contributed by atoms with E-state index in [4.69, 9.17) is 22.3 Å². The first-order valence-electron chi connectivity index (χ1n) is 3.98. The molecule has 1 aromatic rings. The van der Waals surface area contributed by atoms with Gasteiger partial charge in [-0.25, -0.2) is 12.8 Å². The molecule has 0 aliphatic carbocycles. The Morgan fingerprint density at radius 3 is 2.12 bits per heavy atom. The highest BCUT2D eigenvalue weighted by Crippen LogP contribution is 2.41. The van der Waals surface area contributed by atoms with Gasteiger partial charge in [0.25, 0.3) is 0 Å². The Morgan fingerprint density at radius 2 is 1.76 bits per heavy atom. The summed E-state index contributed by atoms with van der Waals surface area (Å²) in [6.45, 7) is 0. The lowest BCUT2D eigenvalue weighted by Crippen LogP contribution is -2.25. The maximum atomic E-state index is 13.0. The topological polar surface area (TPSA) is 34.1 Å². The Kier molecular flexibility index (Phi) is 3.95. The number of alkyl halides is 3. The Hall–Kier alpha value is -0.530. The summed E-state index contributed by atoms with van der Waals surface area (Å²) in [6.07, 6.45) is -5.14. The summed E-state index contributed by atoms with van der Waals surface area (Å²) in [5, 5.41) is -3.40. The van der Waals surface area contributed by atoms with Crippen molar-refractivity contribution < 1.29 is 26.0 Å². The summed E-state index contributed by atoms with van der Waals surface area (Å²) in [5.41, 5.74) is -0.825. The molecule has 9 heteroatoms. The molecule has 0 spiro atoms. The van der Waals surface area contributed by atoms with Gasteiger partial charge < -0.3 is 0 Å². The van der Waals surface area contributed by atoms with Gasteiger partial charge in [0.1, 0.15) is 5.82 Å². The summed E-state index contributed by atoms with van der Waals surface area (Å²) in [4.78, 5) is 0. The van der Waals surface area contributed by atoms with Crippen LogP contribution in [0.25, 0.3) is 0 Å². The Bertz CT molecular complexity index is 527. The lowest BCUT2D eigenvalue weighted by atomic mass is 10.1. The monoisotopic (exact) mass is 310 g/mol. The SMILES string of the molecule is O=S(=O)(Cl)C(c1ccc(Cl)c(F)c1)C(F)(F)F. The second kappa shape index (κ2) is 4.62. The molecule has 1 rings (SSSR count). The van der Waals surface area contributed by atoms with Crippen molar-refractivity contribution >= 4 is 31.3 Å². The smallest absolute Gasteiger partial charge is 0.211 e. The average molecular weight is 311 g/mol. The summed E-state index contributed by atoms with van der Waals surface area (Å²) < 4.78 is 72.3. The van der Waals surface area contributed by atoms with Gasteiger partial charge in [0.05, 0.1) is 5.02 Å². The molecule has 1 unspecified atom stereocenters. The third-order valence-electron chi connectivity index (χ3n) is 1.83. The molecule has 0 aliphatic rings. The average Bonchev–Trinajstić information content (AvgIpc) is 2.06. The molecule has 2 nitrogen and oxygen atoms in total. The molecule has 0 saturated heterocycles. The maximum Gasteiger partial charge on any atom is 0.410 e. The van der Waals surface area contributed by atoms with Crippen LogP contribution in [0.15, 0.2) is 18.2 Å². The molecule has 0 aliphatic heterocycles. The van der Waals surface area contributed by atoms with Crippen molar-refractivity contribution in [2.45, 2.75) is 11.4 Å². The van der Waals surface area contributed by atoms with Crippen LogP contribution in [0.1, 0.15) is 10.8 Å². The maximum absolute atomic E-state index is 13.0. The van der Waals surface area contributed by atoms with E-state index in [9.17, 15) is 26.0 Å². The van der Waals surface area contributed by atoms with Crippen molar-refractivity contribution in [1.29, 1.82) is 0 Å². The van der Waals surface area contributed by atoms with Crippen molar-refractivity contribution in [2.24, 2.45) is 0 Å². The second-order valence-electron chi connectivity index (χ2n) is 3.07. The fourth-order valence-corrected chi connectivity index (χ4v) is 2.71. The molecule has 1 atom stereocenters. The molecule has 0 saturated carbocycles. The van der Waals surface area contributed by atoms with Crippen LogP contribution < -0.4 is 0 Å². The van der Waals surface area contributed by atoms with E-state index >= 15 is 0 Å². The summed E-state index contributed by atoms with van der Waals surface area (Å²) in [6, 6.07) is 1.97. The molecule has 1 aromatic carbocycles. The molecule has 0 amide bonds. The van der Waals surface area contributed by atoms with Crippen molar-refractivity contribution in [3.05, 3.63) is 34.6 Å². The largest absolute Gasteiger partial charge is 0.410 e. The third-order valence-corrected chi connectivity index (χ3v) is 3.77. The first kappa shape index (κ1) is 14.5. The quantitative estimate of drug-likeness (QED) is 0.617. The molecule has 17 heavy (non-hydrogen) atoms. The zero-order chi connectivity index (χ0) is 13.4. The molecule has 96 valence electrons. The van der Waals surface area contributed by atoms with E-state index in [1.165, 1.54) is 0 Å². The Labute approximate surface area is 104 Å². The molecule has 0 N–H and O–H groups in total. The first-order valence-corrected chi connectivity index (χ1v) is 6.73. The van der Waals surface area contributed by atoms with Gasteiger partial charge in [0, 0.05) is 10.7 Å². The van der Waals surface area contributed by atoms with Crippen LogP contribution in [0.5, 0.6) is 0 Å². The van der Waals surface area contributed by atoms with Crippen molar-refractivity contribution in [1.82, 2.24) is 0 Å². The number of rotatable bonds is 2. The van der Waals surface area contributed by atoms with E-state index in [0.717, 1.165) is 12.1 Å². The predicted molar refractivity (Wildman–Crippen MR) is 55.0 cm³/mol. The van der Waals surface area contributed by atoms with Gasteiger partial charge in [-0.15, -0.1) is 0 Å². The minimum Gasteiger partial charge on any atom is -0.211 e. The van der Waals surface area contributed by atoms with Gasteiger partial charge in [-0.05, 0) is 17.7 Å². The second-order valence-corrected chi connectivity index (χ2v) is 6.19. The fraction of sp³-hybridized carbons (Fsp3) is 0.250. The minimum atomic E-state index is -5.14. The van der Waals surface area contributed by atoms with Crippen LogP contribution in [-0.4, -0.2) is 14.6 Å². The number of halogens is 6. The first-order chi connectivity index (χ1) is 7.53. The highest BCUT2D eigenvalue weighted by molar-refractivity contribution is 8.14. The van der Waals surface area contributed by atoms with Crippen LogP contribution in [0, 0.1) is 5.82 Å². The summed E-state index contributed by atoms with van der Waals surface area (Å²) in [5.74, 6) is -1.15. The van der Waals surface area contributed by atoms with Gasteiger partial charge >= 0.3 is 6.18 Å². The van der Waals surface area contributed by atoms with E-state index in [1.54, 1.807) is 0 Å². The van der Waals surface area contributed by atoms with Crippen LogP contribution in [0.2, 0.25) is 5.02 Å². The zero-order valence-corrected chi connectivity index (χ0v) is 10.1. The van der Waals surface area contributed by atoms with Crippen molar-refractivity contribution in [3.8, 4) is 0 Å². The normalized spacial score (nSPS) is 14.7. The minimum absolute atomic E-state index is 0.389. The van der Waals surface area contributed by atoms with Crippen LogP contribution in [0.4, 0.5) is 17.6 Å². The Balaban J connectivity index is 3.39. The molecular formula is C8H4Cl2F4O2S. The summed E-state index contributed by atoms with van der Waals surface area (Å²) in [7, 11) is -0.261. The van der Waals surface area contributed by atoms with Gasteiger partial charge in [-0.3, -0.25) is 0 Å². The van der Waals surface area contributed by atoms with E-state index in [0.29, 0.717) is 6.07 Å². The van der Waals surface area contributed by atoms with Gasteiger partial charge in [0.2, 0.25) is 9.05 Å². The molecule has 0 heterocycles.